The molecule has 1 saturated carbocycles. The largest absolute Gasteiger partial charge is 0.480 e. The smallest absolute Gasteiger partial charge is 0.329 e. The number of aliphatic carboxylic acids is 1. The molecular formula is C13H17N3O4. The maximum absolute atomic E-state index is 11.5. The predicted octanol–water partition coefficient (Wildman–Crippen LogP) is 2.50. The van der Waals surface area contributed by atoms with Gasteiger partial charge in [-0.3, -0.25) is 10.1 Å². The van der Waals surface area contributed by atoms with E-state index in [1.807, 2.05) is 0 Å². The van der Waals surface area contributed by atoms with Gasteiger partial charge < -0.3 is 10.4 Å². The molecule has 0 aromatic carbocycles. The summed E-state index contributed by atoms with van der Waals surface area (Å²) in [7, 11) is 0. The summed E-state index contributed by atoms with van der Waals surface area (Å²) in [6.45, 7) is 1.54. The SMILES string of the molecule is Cc1nc(NC2(C(=O)O)CCCCC2)ccc1[N+](=O)[O-]. The molecule has 1 aromatic heterocycles. The molecule has 1 fully saturated rings. The summed E-state index contributed by atoms with van der Waals surface area (Å²) in [5, 5.41) is 23.2. The summed E-state index contributed by atoms with van der Waals surface area (Å²) < 4.78 is 0. The second kappa shape index (κ2) is 5.44. The molecule has 0 amide bonds. The number of carboxylic acid groups (broad SMARTS) is 1. The number of carbonyl (C=O) groups is 1. The van der Waals surface area contributed by atoms with Crippen LogP contribution in [0.2, 0.25) is 0 Å². The Morgan fingerprint density at radius 3 is 2.55 bits per heavy atom. The van der Waals surface area contributed by atoms with Crippen molar-refractivity contribution in [2.45, 2.75) is 44.6 Å². The lowest BCUT2D eigenvalue weighted by Crippen LogP contribution is -2.48. The van der Waals surface area contributed by atoms with Crippen LogP contribution in [0.4, 0.5) is 11.5 Å². The third-order valence-electron chi connectivity index (χ3n) is 3.74. The Balaban J connectivity index is 2.25. The maximum Gasteiger partial charge on any atom is 0.329 e. The number of pyridine rings is 1. The van der Waals surface area contributed by atoms with Gasteiger partial charge in [-0.2, -0.15) is 0 Å². The van der Waals surface area contributed by atoms with Crippen molar-refractivity contribution < 1.29 is 14.8 Å². The molecule has 0 radical (unpaired) electrons. The van der Waals surface area contributed by atoms with E-state index in [0.717, 1.165) is 19.3 Å². The average molecular weight is 279 g/mol. The number of aromatic nitrogens is 1. The van der Waals surface area contributed by atoms with E-state index in [1.54, 1.807) is 0 Å². The number of anilines is 1. The first-order valence-electron chi connectivity index (χ1n) is 6.58. The van der Waals surface area contributed by atoms with E-state index in [2.05, 4.69) is 10.3 Å². The van der Waals surface area contributed by atoms with Crippen molar-refractivity contribution in [1.82, 2.24) is 4.98 Å². The van der Waals surface area contributed by atoms with Gasteiger partial charge in [0.05, 0.1) is 4.92 Å². The lowest BCUT2D eigenvalue weighted by Gasteiger charge is -2.34. The molecule has 2 rings (SSSR count). The highest BCUT2D eigenvalue weighted by molar-refractivity contribution is 5.82. The number of nitrogens with zero attached hydrogens (tertiary/aromatic N) is 2. The highest BCUT2D eigenvalue weighted by Gasteiger charge is 2.40. The van der Waals surface area contributed by atoms with Gasteiger partial charge in [0.1, 0.15) is 17.1 Å². The Kier molecular flexibility index (Phi) is 3.87. The molecule has 0 aliphatic heterocycles. The van der Waals surface area contributed by atoms with Crippen LogP contribution >= 0.6 is 0 Å². The van der Waals surface area contributed by atoms with Crippen LogP contribution in [0.25, 0.3) is 0 Å². The second-order valence-electron chi connectivity index (χ2n) is 5.13. The highest BCUT2D eigenvalue weighted by Crippen LogP contribution is 2.32. The predicted molar refractivity (Wildman–Crippen MR) is 72.7 cm³/mol. The Bertz CT molecular complexity index is 538. The third kappa shape index (κ3) is 2.71. The van der Waals surface area contributed by atoms with E-state index in [0.29, 0.717) is 18.7 Å². The highest BCUT2D eigenvalue weighted by atomic mass is 16.6. The third-order valence-corrected chi connectivity index (χ3v) is 3.74. The van der Waals surface area contributed by atoms with Gasteiger partial charge in [0.25, 0.3) is 5.69 Å². The lowest BCUT2D eigenvalue weighted by atomic mass is 9.81. The topological polar surface area (TPSA) is 105 Å². The molecule has 1 aromatic rings. The van der Waals surface area contributed by atoms with E-state index >= 15 is 0 Å². The van der Waals surface area contributed by atoms with Crippen molar-refractivity contribution in [2.75, 3.05) is 5.32 Å². The van der Waals surface area contributed by atoms with E-state index in [-0.39, 0.29) is 11.4 Å². The van der Waals surface area contributed by atoms with Gasteiger partial charge in [0.15, 0.2) is 0 Å². The number of hydrogen-bond donors (Lipinski definition) is 2. The number of aryl methyl sites for hydroxylation is 1. The molecule has 2 N–H and O–H groups in total. The van der Waals surface area contributed by atoms with Crippen LogP contribution in [0.3, 0.4) is 0 Å². The van der Waals surface area contributed by atoms with Crippen LogP contribution in [0.1, 0.15) is 37.8 Å². The molecule has 1 aliphatic rings. The summed E-state index contributed by atoms with van der Waals surface area (Å²) in [5.41, 5.74) is -0.798. The van der Waals surface area contributed by atoms with Crippen molar-refractivity contribution >= 4 is 17.5 Å². The lowest BCUT2D eigenvalue weighted by molar-refractivity contribution is -0.385. The first kappa shape index (κ1) is 14.2. The molecule has 20 heavy (non-hydrogen) atoms. The fourth-order valence-electron chi connectivity index (χ4n) is 2.61. The van der Waals surface area contributed by atoms with E-state index < -0.39 is 16.4 Å². The zero-order valence-electron chi connectivity index (χ0n) is 11.3. The summed E-state index contributed by atoms with van der Waals surface area (Å²) in [6, 6.07) is 2.81. The van der Waals surface area contributed by atoms with Gasteiger partial charge in [-0.1, -0.05) is 19.3 Å². The van der Waals surface area contributed by atoms with Crippen LogP contribution < -0.4 is 5.32 Å². The monoisotopic (exact) mass is 279 g/mol. The molecule has 1 heterocycles. The fraction of sp³-hybridized carbons (Fsp3) is 0.538. The van der Waals surface area contributed by atoms with E-state index in [9.17, 15) is 20.0 Å². The first-order valence-corrected chi connectivity index (χ1v) is 6.58. The minimum atomic E-state index is -1.01. The molecule has 1 aliphatic carbocycles. The number of hydrogen-bond acceptors (Lipinski definition) is 5. The van der Waals surface area contributed by atoms with E-state index in [1.165, 1.54) is 19.1 Å². The normalized spacial score (nSPS) is 17.4. The summed E-state index contributed by atoms with van der Waals surface area (Å²) >= 11 is 0. The van der Waals surface area contributed by atoms with Crippen LogP contribution in [-0.4, -0.2) is 26.5 Å². The van der Waals surface area contributed by atoms with Crippen LogP contribution in [0.15, 0.2) is 12.1 Å². The summed E-state index contributed by atoms with van der Waals surface area (Å²) in [5.74, 6) is -0.521. The van der Waals surface area contributed by atoms with Crippen molar-refractivity contribution in [2.24, 2.45) is 0 Å². The quantitative estimate of drug-likeness (QED) is 0.648. The van der Waals surface area contributed by atoms with Crippen LogP contribution in [-0.2, 0) is 4.79 Å². The second-order valence-corrected chi connectivity index (χ2v) is 5.13. The Labute approximate surface area is 116 Å². The van der Waals surface area contributed by atoms with Gasteiger partial charge in [-0.15, -0.1) is 0 Å². The first-order chi connectivity index (χ1) is 9.44. The number of nitrogens with one attached hydrogen (secondary N) is 1. The Morgan fingerprint density at radius 2 is 2.05 bits per heavy atom. The molecule has 7 heteroatoms. The Hall–Kier alpha value is -2.18. The zero-order chi connectivity index (χ0) is 14.8. The molecule has 0 atom stereocenters. The minimum absolute atomic E-state index is 0.0661. The van der Waals surface area contributed by atoms with Crippen molar-refractivity contribution in [1.29, 1.82) is 0 Å². The zero-order valence-corrected chi connectivity index (χ0v) is 11.3. The molecular weight excluding hydrogens is 262 g/mol. The Morgan fingerprint density at radius 1 is 1.40 bits per heavy atom. The number of nitro groups is 1. The van der Waals surface area contributed by atoms with Crippen molar-refractivity contribution in [3.8, 4) is 0 Å². The molecule has 0 spiro atoms. The van der Waals surface area contributed by atoms with Gasteiger partial charge in [0, 0.05) is 6.07 Å². The van der Waals surface area contributed by atoms with Crippen LogP contribution in [0.5, 0.6) is 0 Å². The standard InChI is InChI=1S/C13H17N3O4/c1-9-10(16(19)20)5-6-11(14-9)15-13(12(17)18)7-3-2-4-8-13/h5-6H,2-4,7-8H2,1H3,(H,14,15)(H,17,18). The van der Waals surface area contributed by atoms with Gasteiger partial charge >= 0.3 is 5.97 Å². The summed E-state index contributed by atoms with van der Waals surface area (Å²) in [6.07, 6.45) is 3.82. The number of carboxylic acids is 1. The van der Waals surface area contributed by atoms with Crippen LogP contribution in [0, 0.1) is 17.0 Å². The molecule has 0 bridgehead atoms. The van der Waals surface area contributed by atoms with E-state index in [4.69, 9.17) is 0 Å². The average Bonchev–Trinajstić information content (AvgIpc) is 2.39. The van der Waals surface area contributed by atoms with Crippen molar-refractivity contribution in [3.63, 3.8) is 0 Å². The molecule has 7 nitrogen and oxygen atoms in total. The van der Waals surface area contributed by atoms with Crippen molar-refractivity contribution in [3.05, 3.63) is 27.9 Å². The fourth-order valence-corrected chi connectivity index (χ4v) is 2.61. The summed E-state index contributed by atoms with van der Waals surface area (Å²) in [4.78, 5) is 25.9. The van der Waals surface area contributed by atoms with Gasteiger partial charge in [-0.05, 0) is 25.8 Å². The maximum atomic E-state index is 11.5. The number of rotatable bonds is 4. The minimum Gasteiger partial charge on any atom is -0.480 e. The molecule has 0 unspecified atom stereocenters. The van der Waals surface area contributed by atoms with Gasteiger partial charge in [-0.25, -0.2) is 9.78 Å². The van der Waals surface area contributed by atoms with Gasteiger partial charge in [0.2, 0.25) is 0 Å². The molecule has 108 valence electrons. The molecule has 0 saturated heterocycles.